The van der Waals surface area contributed by atoms with Crippen LogP contribution in [0, 0.1) is 5.92 Å². The minimum absolute atomic E-state index is 0.314. The molecule has 1 aliphatic heterocycles. The van der Waals surface area contributed by atoms with Crippen molar-refractivity contribution in [2.45, 2.75) is 56.2 Å². The molecule has 3 fully saturated rings. The van der Waals surface area contributed by atoms with Gasteiger partial charge < -0.3 is 15.5 Å². The summed E-state index contributed by atoms with van der Waals surface area (Å²) in [5.74, 6) is 1.65. The molecule has 2 atom stereocenters. The molecule has 2 N–H and O–H groups in total. The molecule has 1 saturated heterocycles. The van der Waals surface area contributed by atoms with Crippen LogP contribution in [0.3, 0.4) is 0 Å². The van der Waals surface area contributed by atoms with E-state index in [1.165, 1.54) is 32.1 Å². The van der Waals surface area contributed by atoms with Crippen LogP contribution in [0.15, 0.2) is 4.99 Å². The molecular weight excluding hydrogens is 358 g/mol. The standard InChI is InChI=1S/C20H37N5OS/c1-21-20(23-17-7-8-18(15-17)27-2)22-9-10-24-11-13-25(14-12-24)19(26)16-5-3-4-6-16/h16-18H,3-15H2,1-2H3,(H2,21,22,23). The van der Waals surface area contributed by atoms with Gasteiger partial charge in [0.1, 0.15) is 0 Å². The van der Waals surface area contributed by atoms with E-state index in [4.69, 9.17) is 0 Å². The summed E-state index contributed by atoms with van der Waals surface area (Å²) in [4.78, 5) is 21.5. The molecule has 0 aromatic heterocycles. The molecule has 0 aromatic rings. The lowest BCUT2D eigenvalue weighted by Gasteiger charge is -2.36. The van der Waals surface area contributed by atoms with Gasteiger partial charge in [0.15, 0.2) is 5.96 Å². The molecule has 1 amide bonds. The van der Waals surface area contributed by atoms with Crippen molar-refractivity contribution in [3.63, 3.8) is 0 Å². The Morgan fingerprint density at radius 2 is 1.85 bits per heavy atom. The van der Waals surface area contributed by atoms with E-state index < -0.39 is 0 Å². The van der Waals surface area contributed by atoms with Crippen molar-refractivity contribution in [3.05, 3.63) is 0 Å². The van der Waals surface area contributed by atoms with Crippen LogP contribution in [0.25, 0.3) is 0 Å². The minimum Gasteiger partial charge on any atom is -0.355 e. The van der Waals surface area contributed by atoms with Gasteiger partial charge in [-0.15, -0.1) is 0 Å². The van der Waals surface area contributed by atoms with Gasteiger partial charge in [-0.25, -0.2) is 0 Å². The summed E-state index contributed by atoms with van der Waals surface area (Å²) in [6.07, 6.45) is 10.7. The molecule has 3 rings (SSSR count). The first-order chi connectivity index (χ1) is 13.2. The average molecular weight is 396 g/mol. The van der Waals surface area contributed by atoms with Crippen LogP contribution >= 0.6 is 11.8 Å². The van der Waals surface area contributed by atoms with E-state index in [-0.39, 0.29) is 0 Å². The lowest BCUT2D eigenvalue weighted by molar-refractivity contribution is -0.137. The molecule has 2 aliphatic carbocycles. The quantitative estimate of drug-likeness (QED) is 0.530. The van der Waals surface area contributed by atoms with Crippen molar-refractivity contribution >= 4 is 23.6 Å². The van der Waals surface area contributed by atoms with E-state index in [0.717, 1.165) is 63.3 Å². The number of amides is 1. The third-order valence-electron chi connectivity index (χ3n) is 6.39. The number of aliphatic imine (C=N–C) groups is 1. The first-order valence-electron chi connectivity index (χ1n) is 10.7. The molecular formula is C20H37N5OS. The predicted molar refractivity (Wildman–Crippen MR) is 114 cm³/mol. The number of piperazine rings is 1. The highest BCUT2D eigenvalue weighted by Gasteiger charge is 2.29. The molecule has 6 nitrogen and oxygen atoms in total. The number of carbonyl (C=O) groups excluding carboxylic acids is 1. The molecule has 0 bridgehead atoms. The number of nitrogens with one attached hydrogen (secondary N) is 2. The fourth-order valence-corrected chi connectivity index (χ4v) is 5.43. The van der Waals surface area contributed by atoms with E-state index in [0.29, 0.717) is 17.9 Å². The van der Waals surface area contributed by atoms with Crippen LogP contribution in [-0.4, -0.2) is 85.5 Å². The lowest BCUT2D eigenvalue weighted by Crippen LogP contribution is -2.52. The van der Waals surface area contributed by atoms with Crippen molar-refractivity contribution in [1.82, 2.24) is 20.4 Å². The first-order valence-corrected chi connectivity index (χ1v) is 12.0. The second kappa shape index (κ2) is 10.6. The number of hydrogen-bond acceptors (Lipinski definition) is 4. The van der Waals surface area contributed by atoms with Gasteiger partial charge in [-0.2, -0.15) is 11.8 Å². The Morgan fingerprint density at radius 1 is 1.11 bits per heavy atom. The van der Waals surface area contributed by atoms with E-state index in [1.54, 1.807) is 0 Å². The zero-order valence-corrected chi connectivity index (χ0v) is 17.9. The molecule has 0 radical (unpaired) electrons. The van der Waals surface area contributed by atoms with Crippen molar-refractivity contribution in [2.75, 3.05) is 52.6 Å². The maximum absolute atomic E-state index is 12.5. The van der Waals surface area contributed by atoms with Gasteiger partial charge in [0.25, 0.3) is 0 Å². The predicted octanol–water partition coefficient (Wildman–Crippen LogP) is 1.77. The molecule has 2 unspecified atom stereocenters. The second-order valence-electron chi connectivity index (χ2n) is 8.16. The SMILES string of the molecule is CN=C(NCCN1CCN(C(=O)C2CCCC2)CC1)NC1CCC(SC)C1. The number of thioether (sulfide) groups is 1. The summed E-state index contributed by atoms with van der Waals surface area (Å²) in [7, 11) is 1.85. The zero-order valence-electron chi connectivity index (χ0n) is 17.1. The molecule has 1 heterocycles. The Hall–Kier alpha value is -0.950. The Morgan fingerprint density at radius 3 is 2.48 bits per heavy atom. The van der Waals surface area contributed by atoms with Crippen LogP contribution in [-0.2, 0) is 4.79 Å². The maximum Gasteiger partial charge on any atom is 0.225 e. The fourth-order valence-electron chi connectivity index (χ4n) is 4.63. The maximum atomic E-state index is 12.5. The van der Waals surface area contributed by atoms with Gasteiger partial charge >= 0.3 is 0 Å². The lowest BCUT2D eigenvalue weighted by atomic mass is 10.1. The van der Waals surface area contributed by atoms with Crippen molar-refractivity contribution in [2.24, 2.45) is 10.9 Å². The highest BCUT2D eigenvalue weighted by atomic mass is 32.2. The summed E-state index contributed by atoms with van der Waals surface area (Å²) in [5.41, 5.74) is 0. The normalized spacial score (nSPS) is 27.9. The first kappa shape index (κ1) is 20.8. The van der Waals surface area contributed by atoms with E-state index in [2.05, 4.69) is 31.7 Å². The Bertz CT molecular complexity index is 501. The molecule has 0 spiro atoms. The Kier molecular flexibility index (Phi) is 8.12. The van der Waals surface area contributed by atoms with Crippen molar-refractivity contribution < 1.29 is 4.79 Å². The van der Waals surface area contributed by atoms with E-state index in [1.807, 2.05) is 18.8 Å². The van der Waals surface area contributed by atoms with E-state index in [9.17, 15) is 4.79 Å². The number of rotatable bonds is 6. The van der Waals surface area contributed by atoms with Gasteiger partial charge in [-0.3, -0.25) is 14.7 Å². The van der Waals surface area contributed by atoms with E-state index >= 15 is 0 Å². The van der Waals surface area contributed by atoms with Crippen molar-refractivity contribution in [3.8, 4) is 0 Å². The van der Waals surface area contributed by atoms with Crippen molar-refractivity contribution in [1.29, 1.82) is 0 Å². The van der Waals surface area contributed by atoms with Gasteiger partial charge in [0, 0.05) is 63.5 Å². The highest BCUT2D eigenvalue weighted by Crippen LogP contribution is 2.28. The fraction of sp³-hybridized carbons (Fsp3) is 0.900. The van der Waals surface area contributed by atoms with Crippen LogP contribution in [0.2, 0.25) is 0 Å². The summed E-state index contributed by atoms with van der Waals surface area (Å²) in [6, 6.07) is 0.554. The zero-order chi connectivity index (χ0) is 19.1. The topological polar surface area (TPSA) is 60.0 Å². The number of guanidine groups is 1. The smallest absolute Gasteiger partial charge is 0.225 e. The summed E-state index contributed by atoms with van der Waals surface area (Å²) >= 11 is 1.98. The molecule has 0 aromatic carbocycles. The molecule has 7 heteroatoms. The Balaban J connectivity index is 1.31. The second-order valence-corrected chi connectivity index (χ2v) is 9.30. The van der Waals surface area contributed by atoms with Crippen LogP contribution < -0.4 is 10.6 Å². The Labute approximate surface area is 168 Å². The molecule has 27 heavy (non-hydrogen) atoms. The van der Waals surface area contributed by atoms with Gasteiger partial charge in [0.05, 0.1) is 0 Å². The third-order valence-corrected chi connectivity index (χ3v) is 7.49. The van der Waals surface area contributed by atoms with Crippen LogP contribution in [0.1, 0.15) is 44.9 Å². The van der Waals surface area contributed by atoms with Crippen LogP contribution in [0.5, 0.6) is 0 Å². The summed E-state index contributed by atoms with van der Waals surface area (Å²) < 4.78 is 0. The number of hydrogen-bond donors (Lipinski definition) is 2. The van der Waals surface area contributed by atoms with Crippen LogP contribution in [0.4, 0.5) is 0 Å². The third kappa shape index (κ3) is 6.01. The molecule has 2 saturated carbocycles. The molecule has 3 aliphatic rings. The minimum atomic E-state index is 0.314. The van der Waals surface area contributed by atoms with Gasteiger partial charge in [-0.05, 0) is 38.4 Å². The number of nitrogens with zero attached hydrogens (tertiary/aromatic N) is 3. The summed E-state index contributed by atoms with van der Waals surface area (Å²) in [5, 5.41) is 7.84. The van der Waals surface area contributed by atoms with Gasteiger partial charge in [-0.1, -0.05) is 12.8 Å². The monoisotopic (exact) mass is 395 g/mol. The molecule has 154 valence electrons. The number of carbonyl (C=O) groups is 1. The summed E-state index contributed by atoms with van der Waals surface area (Å²) in [6.45, 7) is 5.66. The van der Waals surface area contributed by atoms with Gasteiger partial charge in [0.2, 0.25) is 5.91 Å². The largest absolute Gasteiger partial charge is 0.355 e. The average Bonchev–Trinajstić information content (AvgIpc) is 3.39. The highest BCUT2D eigenvalue weighted by molar-refractivity contribution is 7.99.